The van der Waals surface area contributed by atoms with Gasteiger partial charge in [0.15, 0.2) is 0 Å². The summed E-state index contributed by atoms with van der Waals surface area (Å²) in [7, 11) is 2.00. The highest BCUT2D eigenvalue weighted by molar-refractivity contribution is 4.90. The molecule has 0 aliphatic rings. The Morgan fingerprint density at radius 3 is 3.00 bits per heavy atom. The summed E-state index contributed by atoms with van der Waals surface area (Å²) in [5, 5.41) is 3.28. The van der Waals surface area contributed by atoms with Crippen LogP contribution in [0, 0.1) is 0 Å². The third-order valence-electron chi connectivity index (χ3n) is 2.04. The molecule has 1 rings (SSSR count). The molecular formula is C9H17N3. The molecule has 3 heteroatoms. The minimum atomic E-state index is 0.557. The average molecular weight is 167 g/mol. The number of aromatic amines is 1. The third-order valence-corrected chi connectivity index (χ3v) is 2.04. The molecule has 0 saturated carbocycles. The fraction of sp³-hybridized carbons (Fsp3) is 0.667. The van der Waals surface area contributed by atoms with Crippen molar-refractivity contribution in [2.24, 2.45) is 0 Å². The second kappa shape index (κ2) is 4.93. The maximum absolute atomic E-state index is 4.19. The van der Waals surface area contributed by atoms with Gasteiger partial charge in [-0.15, -0.1) is 0 Å². The molecule has 0 saturated heterocycles. The standard InChI is InChI=1S/C9H17N3/c1-3-4-8(10-2)7-9-11-5-6-12-9/h5-6,8,10H,3-4,7H2,1-2H3,(H,11,12). The zero-order valence-corrected chi connectivity index (χ0v) is 7.80. The predicted octanol–water partition coefficient (Wildman–Crippen LogP) is 1.34. The number of imidazole rings is 1. The first-order valence-electron chi connectivity index (χ1n) is 4.52. The molecule has 12 heavy (non-hydrogen) atoms. The molecule has 1 unspecified atom stereocenters. The van der Waals surface area contributed by atoms with Crippen molar-refractivity contribution in [3.8, 4) is 0 Å². The summed E-state index contributed by atoms with van der Waals surface area (Å²) in [5.74, 6) is 1.07. The fourth-order valence-corrected chi connectivity index (χ4v) is 1.34. The summed E-state index contributed by atoms with van der Waals surface area (Å²) in [4.78, 5) is 7.30. The monoisotopic (exact) mass is 167 g/mol. The van der Waals surface area contributed by atoms with Gasteiger partial charge in [0, 0.05) is 24.9 Å². The van der Waals surface area contributed by atoms with Crippen LogP contribution >= 0.6 is 0 Å². The van der Waals surface area contributed by atoms with E-state index in [9.17, 15) is 0 Å². The highest BCUT2D eigenvalue weighted by Crippen LogP contribution is 2.02. The summed E-state index contributed by atoms with van der Waals surface area (Å²) in [6, 6.07) is 0.557. The minimum absolute atomic E-state index is 0.557. The van der Waals surface area contributed by atoms with Crippen molar-refractivity contribution in [1.29, 1.82) is 0 Å². The molecule has 0 radical (unpaired) electrons. The molecule has 1 atom stereocenters. The SMILES string of the molecule is CCCC(Cc1ncc[nH]1)NC. The topological polar surface area (TPSA) is 40.7 Å². The van der Waals surface area contributed by atoms with Crippen LogP contribution in [0.15, 0.2) is 12.4 Å². The summed E-state index contributed by atoms with van der Waals surface area (Å²) in [6.45, 7) is 2.20. The van der Waals surface area contributed by atoms with Gasteiger partial charge in [-0.05, 0) is 13.5 Å². The van der Waals surface area contributed by atoms with E-state index in [4.69, 9.17) is 0 Å². The Morgan fingerprint density at radius 1 is 1.67 bits per heavy atom. The van der Waals surface area contributed by atoms with Gasteiger partial charge >= 0.3 is 0 Å². The number of H-pyrrole nitrogens is 1. The lowest BCUT2D eigenvalue weighted by molar-refractivity contribution is 0.505. The van der Waals surface area contributed by atoms with E-state index in [1.54, 1.807) is 6.20 Å². The number of likely N-dealkylation sites (N-methyl/N-ethyl adjacent to an activating group) is 1. The molecule has 1 heterocycles. The maximum atomic E-state index is 4.19. The van der Waals surface area contributed by atoms with Gasteiger partial charge in [-0.3, -0.25) is 0 Å². The van der Waals surface area contributed by atoms with Crippen molar-refractivity contribution < 1.29 is 0 Å². The van der Waals surface area contributed by atoms with Crippen LogP contribution in [0.3, 0.4) is 0 Å². The van der Waals surface area contributed by atoms with Gasteiger partial charge in [0.25, 0.3) is 0 Å². The van der Waals surface area contributed by atoms with Crippen LogP contribution in [0.5, 0.6) is 0 Å². The van der Waals surface area contributed by atoms with Crippen molar-refractivity contribution in [3.05, 3.63) is 18.2 Å². The number of hydrogen-bond donors (Lipinski definition) is 2. The van der Waals surface area contributed by atoms with Crippen molar-refractivity contribution in [2.45, 2.75) is 32.2 Å². The molecular weight excluding hydrogens is 150 g/mol. The summed E-state index contributed by atoms with van der Waals surface area (Å²) in [5.41, 5.74) is 0. The number of rotatable bonds is 5. The largest absolute Gasteiger partial charge is 0.349 e. The molecule has 0 spiro atoms. The second-order valence-corrected chi connectivity index (χ2v) is 3.01. The van der Waals surface area contributed by atoms with Gasteiger partial charge in [-0.2, -0.15) is 0 Å². The Kier molecular flexibility index (Phi) is 3.80. The van der Waals surface area contributed by atoms with E-state index in [0.29, 0.717) is 6.04 Å². The Labute approximate surface area is 73.6 Å². The van der Waals surface area contributed by atoms with E-state index < -0.39 is 0 Å². The molecule has 0 fully saturated rings. The van der Waals surface area contributed by atoms with Crippen molar-refractivity contribution in [1.82, 2.24) is 15.3 Å². The smallest absolute Gasteiger partial charge is 0.107 e. The Hall–Kier alpha value is -0.830. The van der Waals surface area contributed by atoms with E-state index in [1.165, 1.54) is 12.8 Å². The highest BCUT2D eigenvalue weighted by atomic mass is 14.9. The normalized spacial score (nSPS) is 13.2. The van der Waals surface area contributed by atoms with Crippen LogP contribution in [-0.2, 0) is 6.42 Å². The lowest BCUT2D eigenvalue weighted by Gasteiger charge is -2.12. The molecule has 68 valence electrons. The molecule has 3 nitrogen and oxygen atoms in total. The minimum Gasteiger partial charge on any atom is -0.349 e. The predicted molar refractivity (Wildman–Crippen MR) is 50.0 cm³/mol. The van der Waals surface area contributed by atoms with Gasteiger partial charge in [0.1, 0.15) is 5.82 Å². The van der Waals surface area contributed by atoms with Crippen LogP contribution in [-0.4, -0.2) is 23.1 Å². The summed E-state index contributed by atoms with van der Waals surface area (Å²) >= 11 is 0. The Morgan fingerprint density at radius 2 is 2.50 bits per heavy atom. The zero-order valence-electron chi connectivity index (χ0n) is 7.80. The molecule has 0 bridgehead atoms. The number of aromatic nitrogens is 2. The van der Waals surface area contributed by atoms with Crippen LogP contribution in [0.4, 0.5) is 0 Å². The quantitative estimate of drug-likeness (QED) is 0.694. The van der Waals surface area contributed by atoms with E-state index in [0.717, 1.165) is 12.2 Å². The van der Waals surface area contributed by atoms with Crippen LogP contribution in [0.25, 0.3) is 0 Å². The second-order valence-electron chi connectivity index (χ2n) is 3.01. The highest BCUT2D eigenvalue weighted by Gasteiger charge is 2.06. The van der Waals surface area contributed by atoms with Gasteiger partial charge in [0.2, 0.25) is 0 Å². The van der Waals surface area contributed by atoms with Crippen molar-refractivity contribution in [3.63, 3.8) is 0 Å². The van der Waals surface area contributed by atoms with E-state index >= 15 is 0 Å². The van der Waals surface area contributed by atoms with Crippen LogP contribution < -0.4 is 5.32 Å². The van der Waals surface area contributed by atoms with Gasteiger partial charge in [-0.1, -0.05) is 13.3 Å². The average Bonchev–Trinajstić information content (AvgIpc) is 2.56. The van der Waals surface area contributed by atoms with Crippen LogP contribution in [0.1, 0.15) is 25.6 Å². The lowest BCUT2D eigenvalue weighted by Crippen LogP contribution is -2.27. The number of nitrogens with zero attached hydrogens (tertiary/aromatic N) is 1. The van der Waals surface area contributed by atoms with Crippen molar-refractivity contribution in [2.75, 3.05) is 7.05 Å². The van der Waals surface area contributed by atoms with Crippen molar-refractivity contribution >= 4 is 0 Å². The number of hydrogen-bond acceptors (Lipinski definition) is 2. The van der Waals surface area contributed by atoms with E-state index in [-0.39, 0.29) is 0 Å². The molecule has 2 N–H and O–H groups in total. The van der Waals surface area contributed by atoms with E-state index in [2.05, 4.69) is 22.2 Å². The summed E-state index contributed by atoms with van der Waals surface area (Å²) in [6.07, 6.45) is 7.09. The molecule has 0 amide bonds. The Bertz CT molecular complexity index is 194. The van der Waals surface area contributed by atoms with Gasteiger partial charge < -0.3 is 10.3 Å². The Balaban J connectivity index is 2.37. The third kappa shape index (κ3) is 2.66. The number of nitrogens with one attached hydrogen (secondary N) is 2. The maximum Gasteiger partial charge on any atom is 0.107 e. The molecule has 0 aromatic carbocycles. The first-order chi connectivity index (χ1) is 5.86. The first-order valence-corrected chi connectivity index (χ1v) is 4.52. The van der Waals surface area contributed by atoms with Gasteiger partial charge in [0.05, 0.1) is 0 Å². The van der Waals surface area contributed by atoms with Crippen LogP contribution in [0.2, 0.25) is 0 Å². The van der Waals surface area contributed by atoms with E-state index in [1.807, 2.05) is 13.2 Å². The molecule has 1 aromatic rings. The van der Waals surface area contributed by atoms with Gasteiger partial charge in [-0.25, -0.2) is 4.98 Å². The summed E-state index contributed by atoms with van der Waals surface area (Å²) < 4.78 is 0. The first kappa shape index (κ1) is 9.26. The lowest BCUT2D eigenvalue weighted by atomic mass is 10.1. The fourth-order valence-electron chi connectivity index (χ4n) is 1.34. The zero-order chi connectivity index (χ0) is 8.81. The molecule has 1 aromatic heterocycles. The molecule has 0 aliphatic heterocycles. The molecule has 0 aliphatic carbocycles.